The summed E-state index contributed by atoms with van der Waals surface area (Å²) in [7, 11) is -4.06. The van der Waals surface area contributed by atoms with Crippen LogP contribution in [0.3, 0.4) is 0 Å². The van der Waals surface area contributed by atoms with E-state index in [-0.39, 0.29) is 16.2 Å². The summed E-state index contributed by atoms with van der Waals surface area (Å²) in [5.74, 6) is 0.715. The Bertz CT molecular complexity index is 2360. The number of nitrogens with zero attached hydrogens (tertiary/aromatic N) is 7. The van der Waals surface area contributed by atoms with Gasteiger partial charge in [-0.3, -0.25) is 9.36 Å². The summed E-state index contributed by atoms with van der Waals surface area (Å²) < 4.78 is 30.4. The van der Waals surface area contributed by atoms with Crippen molar-refractivity contribution in [2.24, 2.45) is 0 Å². The van der Waals surface area contributed by atoms with Gasteiger partial charge in [0.05, 0.1) is 27.7 Å². The van der Waals surface area contributed by atoms with E-state index in [0.717, 1.165) is 15.7 Å². The number of nitrogens with one attached hydrogen (secondary N) is 2. The molecule has 14 heteroatoms. The van der Waals surface area contributed by atoms with Crippen LogP contribution in [0.15, 0.2) is 101 Å². The Kier molecular flexibility index (Phi) is 6.28. The topological polar surface area (TPSA) is 165 Å². The number of aromatic amines is 1. The maximum Gasteiger partial charge on any atom is 0.283 e. The lowest BCUT2D eigenvalue weighted by molar-refractivity contribution is 0.473. The Morgan fingerprint density at radius 3 is 2.59 bits per heavy atom. The number of fused-ring (bicyclic) bond motifs is 2. The van der Waals surface area contributed by atoms with E-state index < -0.39 is 16.1 Å². The Hall–Kier alpha value is -5.76. The second-order valence-electron chi connectivity index (χ2n) is 10.2. The molecule has 1 unspecified atom stereocenters. The van der Waals surface area contributed by atoms with E-state index in [0.29, 0.717) is 45.1 Å². The number of aromatic nitrogens is 8. The third-order valence-electron chi connectivity index (χ3n) is 7.34. The Labute approximate surface area is 250 Å². The largest absolute Gasteiger partial charge is 0.508 e. The quantitative estimate of drug-likeness (QED) is 0.242. The minimum atomic E-state index is -4.06. The summed E-state index contributed by atoms with van der Waals surface area (Å²) in [5, 5.41) is 22.9. The van der Waals surface area contributed by atoms with Crippen molar-refractivity contribution in [2.75, 3.05) is 5.32 Å². The number of H-pyrrole nitrogens is 1. The van der Waals surface area contributed by atoms with E-state index >= 15 is 0 Å². The van der Waals surface area contributed by atoms with Crippen LogP contribution in [-0.4, -0.2) is 51.8 Å². The van der Waals surface area contributed by atoms with E-state index in [1.165, 1.54) is 30.7 Å². The first-order valence-electron chi connectivity index (χ1n) is 13.6. The SMILES string of the molecule is Cc1ccn2nc(C(C)Nc3ncnc4[nH]cc(-c5ccn(S(=O)(=O)c6cccc(O)c6)n5)c34)n(-c3ccccc3)c(=O)c12. The van der Waals surface area contributed by atoms with E-state index in [9.17, 15) is 18.3 Å². The minimum Gasteiger partial charge on any atom is -0.508 e. The predicted molar refractivity (Wildman–Crippen MR) is 163 cm³/mol. The van der Waals surface area contributed by atoms with Gasteiger partial charge in [0, 0.05) is 30.2 Å². The van der Waals surface area contributed by atoms with Gasteiger partial charge in [-0.2, -0.15) is 22.7 Å². The fraction of sp³-hybridized carbons (Fsp3) is 0.100. The highest BCUT2D eigenvalue weighted by Crippen LogP contribution is 2.33. The molecule has 2 aromatic carbocycles. The molecule has 5 aromatic heterocycles. The van der Waals surface area contributed by atoms with Crippen LogP contribution >= 0.6 is 0 Å². The van der Waals surface area contributed by atoms with Crippen LogP contribution in [-0.2, 0) is 10.0 Å². The molecule has 44 heavy (non-hydrogen) atoms. The fourth-order valence-corrected chi connectivity index (χ4v) is 6.37. The number of phenols is 1. The van der Waals surface area contributed by atoms with Gasteiger partial charge in [0.15, 0.2) is 5.82 Å². The summed E-state index contributed by atoms with van der Waals surface area (Å²) in [6.45, 7) is 3.75. The maximum atomic E-state index is 13.8. The van der Waals surface area contributed by atoms with E-state index in [1.807, 2.05) is 50.2 Å². The van der Waals surface area contributed by atoms with Gasteiger partial charge in [0.2, 0.25) is 0 Å². The number of hydrogen-bond acceptors (Lipinski definition) is 9. The highest BCUT2D eigenvalue weighted by molar-refractivity contribution is 7.89. The third-order valence-corrected chi connectivity index (χ3v) is 8.89. The second kappa shape index (κ2) is 10.2. The summed E-state index contributed by atoms with van der Waals surface area (Å²) in [6, 6.07) is 17.6. The average molecular weight is 608 g/mol. The highest BCUT2D eigenvalue weighted by atomic mass is 32.2. The molecular formula is C30H25N9O4S. The molecule has 0 aliphatic heterocycles. The fourth-order valence-electron chi connectivity index (χ4n) is 5.22. The van der Waals surface area contributed by atoms with Gasteiger partial charge < -0.3 is 15.4 Å². The Balaban J connectivity index is 1.31. The van der Waals surface area contributed by atoms with Crippen LogP contribution < -0.4 is 10.9 Å². The van der Waals surface area contributed by atoms with Crippen LogP contribution in [0.25, 0.3) is 33.5 Å². The smallest absolute Gasteiger partial charge is 0.283 e. The summed E-state index contributed by atoms with van der Waals surface area (Å²) >= 11 is 0. The standard InChI is InChI=1S/C30H25N9O4S/c1-18-11-13-37-26(18)30(41)39(20-7-4-3-5-8-20)29(36-37)19(2)34-28-25-23(16-31-27(25)32-17-33-28)24-12-14-38(35-24)44(42,43)22-10-6-9-21(40)15-22/h3-17,19,40H,1-2H3,(H2,31,32,33,34). The maximum absolute atomic E-state index is 13.8. The number of hydrogen-bond donors (Lipinski definition) is 3. The van der Waals surface area contributed by atoms with Gasteiger partial charge in [-0.1, -0.05) is 24.3 Å². The number of phenolic OH excluding ortho intramolecular Hbond substituents is 1. The number of benzene rings is 2. The van der Waals surface area contributed by atoms with E-state index in [2.05, 4.69) is 25.4 Å². The normalized spacial score (nSPS) is 12.6. The van der Waals surface area contributed by atoms with Gasteiger partial charge in [-0.25, -0.2) is 14.5 Å². The number of para-hydroxylation sites is 1. The molecule has 0 radical (unpaired) electrons. The van der Waals surface area contributed by atoms with Crippen molar-refractivity contribution in [1.82, 2.24) is 38.3 Å². The molecule has 0 aliphatic rings. The lowest BCUT2D eigenvalue weighted by atomic mass is 10.1. The van der Waals surface area contributed by atoms with Gasteiger partial charge in [-0.15, -0.1) is 0 Å². The van der Waals surface area contributed by atoms with Crippen molar-refractivity contribution in [3.05, 3.63) is 113 Å². The van der Waals surface area contributed by atoms with Crippen molar-refractivity contribution in [1.29, 1.82) is 0 Å². The van der Waals surface area contributed by atoms with Gasteiger partial charge in [0.25, 0.3) is 15.6 Å². The third kappa shape index (κ3) is 4.39. The van der Waals surface area contributed by atoms with Gasteiger partial charge in [-0.05, 0) is 55.8 Å². The zero-order valence-electron chi connectivity index (χ0n) is 23.4. The number of aromatic hydroxyl groups is 1. The lowest BCUT2D eigenvalue weighted by Gasteiger charge is -2.20. The molecule has 0 saturated heterocycles. The molecule has 0 amide bonds. The molecule has 0 aliphatic carbocycles. The lowest BCUT2D eigenvalue weighted by Crippen LogP contribution is -2.29. The molecule has 0 spiro atoms. The number of aryl methyl sites for hydroxylation is 1. The van der Waals surface area contributed by atoms with Crippen LogP contribution in [0.1, 0.15) is 24.4 Å². The van der Waals surface area contributed by atoms with Crippen LogP contribution in [0.4, 0.5) is 5.82 Å². The Morgan fingerprint density at radius 1 is 0.977 bits per heavy atom. The van der Waals surface area contributed by atoms with Gasteiger partial charge in [0.1, 0.15) is 29.1 Å². The van der Waals surface area contributed by atoms with Crippen LogP contribution in [0, 0.1) is 6.92 Å². The van der Waals surface area contributed by atoms with Crippen molar-refractivity contribution in [2.45, 2.75) is 24.8 Å². The summed E-state index contributed by atoms with van der Waals surface area (Å²) in [4.78, 5) is 25.6. The van der Waals surface area contributed by atoms with Crippen molar-refractivity contribution < 1.29 is 13.5 Å². The molecule has 0 bridgehead atoms. The first-order chi connectivity index (χ1) is 21.2. The predicted octanol–water partition coefficient (Wildman–Crippen LogP) is 4.04. The van der Waals surface area contributed by atoms with Crippen molar-refractivity contribution >= 4 is 32.4 Å². The summed E-state index contributed by atoms with van der Waals surface area (Å²) in [5.41, 5.74) is 3.19. The monoisotopic (exact) mass is 607 g/mol. The minimum absolute atomic E-state index is 0.0996. The molecule has 5 heterocycles. The van der Waals surface area contributed by atoms with E-state index in [4.69, 9.17) is 5.10 Å². The average Bonchev–Trinajstić information content (AvgIpc) is 3.77. The number of rotatable bonds is 7. The van der Waals surface area contributed by atoms with Crippen LogP contribution in [0.2, 0.25) is 0 Å². The molecular weight excluding hydrogens is 582 g/mol. The summed E-state index contributed by atoms with van der Waals surface area (Å²) in [6.07, 6.45) is 6.17. The molecule has 3 N–H and O–H groups in total. The molecule has 0 fully saturated rings. The first-order valence-corrected chi connectivity index (χ1v) is 15.0. The molecule has 0 saturated carbocycles. The van der Waals surface area contributed by atoms with Crippen molar-refractivity contribution in [3.8, 4) is 22.7 Å². The molecule has 13 nitrogen and oxygen atoms in total. The van der Waals surface area contributed by atoms with Crippen molar-refractivity contribution in [3.63, 3.8) is 0 Å². The Morgan fingerprint density at radius 2 is 1.80 bits per heavy atom. The number of anilines is 1. The molecule has 1 atom stereocenters. The molecule has 7 aromatic rings. The van der Waals surface area contributed by atoms with Gasteiger partial charge >= 0.3 is 0 Å². The molecule has 220 valence electrons. The van der Waals surface area contributed by atoms with E-state index in [1.54, 1.807) is 27.5 Å². The highest BCUT2D eigenvalue weighted by Gasteiger charge is 2.24. The second-order valence-corrected chi connectivity index (χ2v) is 12.0. The zero-order chi connectivity index (χ0) is 30.6. The first kappa shape index (κ1) is 27.1. The zero-order valence-corrected chi connectivity index (χ0v) is 24.3. The van der Waals surface area contributed by atoms with Crippen LogP contribution in [0.5, 0.6) is 5.75 Å². The molecule has 7 rings (SSSR count).